The molecule has 1 fully saturated rings. The van der Waals surface area contributed by atoms with Gasteiger partial charge in [0, 0.05) is 23.8 Å². The maximum atomic E-state index is 12.0. The first-order valence-corrected chi connectivity index (χ1v) is 9.57. The Morgan fingerprint density at radius 3 is 2.79 bits per heavy atom. The Kier molecular flexibility index (Phi) is 7.17. The summed E-state index contributed by atoms with van der Waals surface area (Å²) >= 11 is 1.62. The van der Waals surface area contributed by atoms with Crippen LogP contribution in [0.5, 0.6) is 0 Å². The van der Waals surface area contributed by atoms with E-state index in [1.807, 2.05) is 6.92 Å². The van der Waals surface area contributed by atoms with Crippen molar-refractivity contribution in [2.75, 3.05) is 37.0 Å². The zero-order chi connectivity index (χ0) is 14.3. The van der Waals surface area contributed by atoms with Gasteiger partial charge in [-0.1, -0.05) is 20.3 Å². The molecule has 1 heterocycles. The number of ether oxygens (including phenoxy) is 1. The van der Waals surface area contributed by atoms with Crippen LogP contribution in [0.2, 0.25) is 0 Å². The van der Waals surface area contributed by atoms with E-state index < -0.39 is 15.2 Å². The first kappa shape index (κ1) is 16.8. The van der Waals surface area contributed by atoms with Crippen molar-refractivity contribution in [2.45, 2.75) is 32.1 Å². The number of carbonyl (C=O) groups excluding carboxylic acids is 1. The lowest BCUT2D eigenvalue weighted by atomic mass is 10.4. The molecule has 1 atom stereocenters. The minimum absolute atomic E-state index is 0.0776. The van der Waals surface area contributed by atoms with Crippen molar-refractivity contribution in [3.05, 3.63) is 0 Å². The molecule has 112 valence electrons. The maximum Gasteiger partial charge on any atom is 0.320 e. The summed E-state index contributed by atoms with van der Waals surface area (Å²) < 4.78 is 29.1. The molecular weight excluding hydrogens is 286 g/mol. The van der Waals surface area contributed by atoms with E-state index in [-0.39, 0.29) is 18.3 Å². The number of thioether (sulfide) groups is 1. The molecule has 0 aromatic carbocycles. The number of sulfone groups is 1. The van der Waals surface area contributed by atoms with Gasteiger partial charge in [-0.05, 0) is 6.42 Å². The summed E-state index contributed by atoms with van der Waals surface area (Å²) in [4.78, 5) is 13.4. The van der Waals surface area contributed by atoms with Crippen molar-refractivity contribution in [2.24, 2.45) is 0 Å². The highest BCUT2D eigenvalue weighted by atomic mass is 32.2. The van der Waals surface area contributed by atoms with E-state index in [0.717, 1.165) is 18.6 Å². The molecule has 0 radical (unpaired) electrons. The summed E-state index contributed by atoms with van der Waals surface area (Å²) in [7, 11) is -3.14. The topological polar surface area (TPSA) is 63.7 Å². The second kappa shape index (κ2) is 8.11. The highest BCUT2D eigenvalue weighted by Gasteiger charge is 2.33. The molecule has 0 aliphatic carbocycles. The van der Waals surface area contributed by atoms with E-state index in [2.05, 4.69) is 0 Å². The summed E-state index contributed by atoms with van der Waals surface area (Å²) in [6.45, 7) is 4.79. The van der Waals surface area contributed by atoms with Crippen LogP contribution in [0.15, 0.2) is 0 Å². The van der Waals surface area contributed by atoms with Gasteiger partial charge in [0.15, 0.2) is 9.84 Å². The number of unbranched alkanes of at least 4 members (excludes halogenated alkanes) is 1. The van der Waals surface area contributed by atoms with Gasteiger partial charge in [0.2, 0.25) is 0 Å². The number of esters is 1. The molecule has 7 heteroatoms. The molecule has 0 amide bonds. The van der Waals surface area contributed by atoms with Gasteiger partial charge < -0.3 is 4.74 Å². The SMILES string of the molecule is CCCCOC(=O)CN1CCSCC1S(=O)(=O)CC. The van der Waals surface area contributed by atoms with Crippen molar-refractivity contribution in [1.82, 2.24) is 4.90 Å². The summed E-state index contributed by atoms with van der Waals surface area (Å²) in [6, 6.07) is 0. The van der Waals surface area contributed by atoms with Gasteiger partial charge in [0.25, 0.3) is 0 Å². The van der Waals surface area contributed by atoms with Crippen molar-refractivity contribution < 1.29 is 17.9 Å². The van der Waals surface area contributed by atoms with Gasteiger partial charge >= 0.3 is 5.97 Å². The van der Waals surface area contributed by atoms with E-state index in [4.69, 9.17) is 4.74 Å². The molecule has 0 saturated carbocycles. The molecule has 1 saturated heterocycles. The van der Waals surface area contributed by atoms with Crippen LogP contribution in [0.1, 0.15) is 26.7 Å². The lowest BCUT2D eigenvalue weighted by molar-refractivity contribution is -0.145. The van der Waals surface area contributed by atoms with Crippen molar-refractivity contribution in [1.29, 1.82) is 0 Å². The minimum Gasteiger partial charge on any atom is -0.465 e. The summed E-state index contributed by atoms with van der Waals surface area (Å²) in [6.07, 6.45) is 1.82. The summed E-state index contributed by atoms with van der Waals surface area (Å²) in [5, 5.41) is -0.546. The van der Waals surface area contributed by atoms with Gasteiger partial charge in [-0.3, -0.25) is 9.69 Å². The second-order valence-electron chi connectivity index (χ2n) is 4.53. The summed E-state index contributed by atoms with van der Waals surface area (Å²) in [5.41, 5.74) is 0. The first-order chi connectivity index (χ1) is 9.01. The van der Waals surface area contributed by atoms with Gasteiger partial charge in [0.1, 0.15) is 5.37 Å². The molecule has 0 spiro atoms. The normalized spacial score (nSPS) is 21.3. The Labute approximate surface area is 120 Å². The molecular formula is C12H23NO4S2. The molecule has 19 heavy (non-hydrogen) atoms. The van der Waals surface area contributed by atoms with Gasteiger partial charge in [-0.15, -0.1) is 0 Å². The Morgan fingerprint density at radius 2 is 2.16 bits per heavy atom. The van der Waals surface area contributed by atoms with Crippen LogP contribution in [0, 0.1) is 0 Å². The predicted octanol–water partition coefficient (Wildman–Crippen LogP) is 1.14. The van der Waals surface area contributed by atoms with Crippen LogP contribution in [0.3, 0.4) is 0 Å². The highest BCUT2D eigenvalue weighted by Crippen LogP contribution is 2.21. The van der Waals surface area contributed by atoms with Crippen LogP contribution < -0.4 is 0 Å². The van der Waals surface area contributed by atoms with Gasteiger partial charge in [-0.25, -0.2) is 8.42 Å². The molecule has 0 bridgehead atoms. The third kappa shape index (κ3) is 5.31. The lowest BCUT2D eigenvalue weighted by Gasteiger charge is -2.33. The first-order valence-electron chi connectivity index (χ1n) is 6.70. The standard InChI is InChI=1S/C12H23NO4S2/c1-3-5-7-17-12(14)9-13-6-8-18-10-11(13)19(15,16)4-2/h11H,3-10H2,1-2H3. The summed E-state index contributed by atoms with van der Waals surface area (Å²) in [5.74, 6) is 1.19. The number of rotatable bonds is 7. The zero-order valence-corrected chi connectivity index (χ0v) is 13.3. The van der Waals surface area contributed by atoms with Crippen LogP contribution in [0.25, 0.3) is 0 Å². The number of carbonyl (C=O) groups is 1. The third-order valence-electron chi connectivity index (χ3n) is 3.10. The maximum absolute atomic E-state index is 12.0. The van der Waals surface area contributed by atoms with E-state index in [0.29, 0.717) is 18.9 Å². The fraction of sp³-hybridized carbons (Fsp3) is 0.917. The molecule has 1 rings (SSSR count). The Morgan fingerprint density at radius 1 is 1.42 bits per heavy atom. The van der Waals surface area contributed by atoms with Crippen molar-refractivity contribution in [3.8, 4) is 0 Å². The Bertz CT molecular complexity index is 383. The van der Waals surface area contributed by atoms with Gasteiger partial charge in [-0.2, -0.15) is 11.8 Å². The molecule has 1 unspecified atom stereocenters. The van der Waals surface area contributed by atoms with E-state index in [1.54, 1.807) is 23.6 Å². The average Bonchev–Trinajstić information content (AvgIpc) is 2.39. The van der Waals surface area contributed by atoms with E-state index in [9.17, 15) is 13.2 Å². The number of hydrogen-bond acceptors (Lipinski definition) is 6. The number of nitrogens with zero attached hydrogens (tertiary/aromatic N) is 1. The monoisotopic (exact) mass is 309 g/mol. The minimum atomic E-state index is -3.14. The van der Waals surface area contributed by atoms with E-state index >= 15 is 0 Å². The number of hydrogen-bond donors (Lipinski definition) is 0. The fourth-order valence-corrected chi connectivity index (χ4v) is 4.94. The Hall–Kier alpha value is -0.270. The smallest absolute Gasteiger partial charge is 0.320 e. The fourth-order valence-electron chi connectivity index (χ4n) is 1.86. The lowest BCUT2D eigenvalue weighted by Crippen LogP contribution is -2.49. The van der Waals surface area contributed by atoms with Crippen LogP contribution in [-0.2, 0) is 19.4 Å². The molecule has 1 aliphatic heterocycles. The van der Waals surface area contributed by atoms with Crippen molar-refractivity contribution in [3.63, 3.8) is 0 Å². The average molecular weight is 309 g/mol. The zero-order valence-electron chi connectivity index (χ0n) is 11.6. The molecule has 0 aromatic heterocycles. The van der Waals surface area contributed by atoms with Crippen LogP contribution in [-0.4, -0.2) is 61.6 Å². The quantitative estimate of drug-likeness (QED) is 0.519. The van der Waals surface area contributed by atoms with Crippen molar-refractivity contribution >= 4 is 27.6 Å². The van der Waals surface area contributed by atoms with Crippen LogP contribution >= 0.6 is 11.8 Å². The second-order valence-corrected chi connectivity index (χ2v) is 8.12. The van der Waals surface area contributed by atoms with Crippen LogP contribution in [0.4, 0.5) is 0 Å². The molecule has 5 nitrogen and oxygen atoms in total. The highest BCUT2D eigenvalue weighted by molar-refractivity contribution is 8.01. The molecule has 1 aliphatic rings. The molecule has 0 N–H and O–H groups in total. The Balaban J connectivity index is 2.55. The predicted molar refractivity (Wildman–Crippen MR) is 78.0 cm³/mol. The van der Waals surface area contributed by atoms with E-state index in [1.165, 1.54) is 0 Å². The third-order valence-corrected chi connectivity index (χ3v) is 6.43. The molecule has 0 aromatic rings. The largest absolute Gasteiger partial charge is 0.465 e. The van der Waals surface area contributed by atoms with Gasteiger partial charge in [0.05, 0.1) is 13.2 Å².